The van der Waals surface area contributed by atoms with Crippen LogP contribution in [-0.2, 0) is 6.04 Å². The molecule has 19 heavy (non-hydrogen) atoms. The summed E-state index contributed by atoms with van der Waals surface area (Å²) in [6, 6.07) is 14.6. The Kier molecular flexibility index (Phi) is 3.76. The molecule has 0 saturated carbocycles. The summed E-state index contributed by atoms with van der Waals surface area (Å²) in [5.74, 6) is 0. The molecule has 98 valence electrons. The van der Waals surface area contributed by atoms with Crippen molar-refractivity contribution in [1.82, 2.24) is 4.98 Å². The number of hydrogen-bond acceptors (Lipinski definition) is 3. The van der Waals surface area contributed by atoms with Gasteiger partial charge in [0.2, 0.25) is 0 Å². The molecule has 0 amide bonds. The first-order valence-electron chi connectivity index (χ1n) is 6.14. The molecule has 4 nitrogen and oxygen atoms in total. The second-order valence-electron chi connectivity index (χ2n) is 5.19. The van der Waals surface area contributed by atoms with Crippen molar-refractivity contribution in [2.45, 2.75) is 19.1 Å². The molecule has 0 aliphatic carbocycles. The Bertz CT molecular complexity index is 568. The Morgan fingerprint density at radius 1 is 1.16 bits per heavy atom. The Morgan fingerprint density at radius 2 is 1.84 bits per heavy atom. The van der Waals surface area contributed by atoms with Gasteiger partial charge < -0.3 is 0 Å². The first-order chi connectivity index (χ1) is 8.99. The lowest BCUT2D eigenvalue weighted by molar-refractivity contribution is -0.385. The summed E-state index contributed by atoms with van der Waals surface area (Å²) in [5.41, 5.74) is 0.967. The highest BCUT2D eigenvalue weighted by atomic mass is 28.3. The Balaban J connectivity index is 2.18. The van der Waals surface area contributed by atoms with E-state index in [2.05, 4.69) is 30.2 Å². The fourth-order valence-electron chi connectivity index (χ4n) is 2.07. The highest BCUT2D eigenvalue weighted by Crippen LogP contribution is 2.14. The van der Waals surface area contributed by atoms with Crippen LogP contribution in [0.4, 0.5) is 5.69 Å². The molecule has 0 saturated heterocycles. The molecule has 0 fully saturated rings. The van der Waals surface area contributed by atoms with Crippen LogP contribution in [0.2, 0.25) is 13.1 Å². The van der Waals surface area contributed by atoms with Gasteiger partial charge in [0.25, 0.3) is 5.69 Å². The Morgan fingerprint density at radius 3 is 2.37 bits per heavy atom. The third-order valence-corrected chi connectivity index (χ3v) is 6.34. The normalized spacial score (nSPS) is 11.3. The predicted octanol–water partition coefficient (Wildman–Crippen LogP) is 2.69. The van der Waals surface area contributed by atoms with Gasteiger partial charge in [-0.05, 0) is 12.1 Å². The van der Waals surface area contributed by atoms with E-state index in [1.807, 2.05) is 18.2 Å². The van der Waals surface area contributed by atoms with Gasteiger partial charge in [0.15, 0.2) is 0 Å². The fraction of sp³-hybridized carbons (Fsp3) is 0.214. The molecule has 5 heteroatoms. The molecule has 0 spiro atoms. The van der Waals surface area contributed by atoms with Crippen molar-refractivity contribution in [3.05, 3.63) is 64.5 Å². The second-order valence-corrected chi connectivity index (χ2v) is 9.89. The number of pyridine rings is 1. The number of nitro groups is 1. The summed E-state index contributed by atoms with van der Waals surface area (Å²) >= 11 is 0. The largest absolute Gasteiger partial charge is 0.287 e. The first-order valence-corrected chi connectivity index (χ1v) is 9.34. The molecule has 1 heterocycles. The van der Waals surface area contributed by atoms with Crippen LogP contribution in [0, 0.1) is 10.1 Å². The van der Waals surface area contributed by atoms with E-state index in [0.717, 1.165) is 11.7 Å². The molecule has 2 rings (SSSR count). The number of rotatable bonds is 4. The minimum atomic E-state index is -1.60. The van der Waals surface area contributed by atoms with Crippen LogP contribution in [0.5, 0.6) is 0 Å². The van der Waals surface area contributed by atoms with Gasteiger partial charge in [-0.15, -0.1) is 0 Å². The third-order valence-electron chi connectivity index (χ3n) is 3.20. The van der Waals surface area contributed by atoms with Gasteiger partial charge in [0.05, 0.1) is 13.0 Å². The summed E-state index contributed by atoms with van der Waals surface area (Å²) in [6.45, 7) is 4.57. The van der Waals surface area contributed by atoms with E-state index in [9.17, 15) is 10.1 Å². The average molecular weight is 272 g/mol. The number of aromatic nitrogens is 1. The van der Waals surface area contributed by atoms with Gasteiger partial charge in [-0.25, -0.2) is 0 Å². The summed E-state index contributed by atoms with van der Waals surface area (Å²) in [5, 5.41) is 12.0. The van der Waals surface area contributed by atoms with Crippen LogP contribution in [0.3, 0.4) is 0 Å². The van der Waals surface area contributed by atoms with Crippen molar-refractivity contribution in [2.24, 2.45) is 0 Å². The minimum Gasteiger partial charge on any atom is -0.258 e. The first kappa shape index (κ1) is 13.4. The van der Waals surface area contributed by atoms with Gasteiger partial charge in [0, 0.05) is 11.8 Å². The standard InChI is InChI=1S/C14H16N2O2Si/c1-19(2,14-6-4-3-5-7-14)11-12-8-9-13(10-15-12)16(17)18/h3-10H,11H2,1-2H3. The number of benzene rings is 1. The van der Waals surface area contributed by atoms with Crippen LogP contribution < -0.4 is 5.19 Å². The van der Waals surface area contributed by atoms with Crippen molar-refractivity contribution in [3.8, 4) is 0 Å². The van der Waals surface area contributed by atoms with E-state index in [4.69, 9.17) is 0 Å². The summed E-state index contributed by atoms with van der Waals surface area (Å²) in [6.07, 6.45) is 1.34. The molecule has 2 aromatic rings. The van der Waals surface area contributed by atoms with Crippen LogP contribution in [-0.4, -0.2) is 18.0 Å². The van der Waals surface area contributed by atoms with E-state index in [1.165, 1.54) is 17.4 Å². The molecule has 0 unspecified atom stereocenters. The van der Waals surface area contributed by atoms with Gasteiger partial charge in [-0.3, -0.25) is 15.1 Å². The summed E-state index contributed by atoms with van der Waals surface area (Å²) in [4.78, 5) is 14.4. The van der Waals surface area contributed by atoms with Gasteiger partial charge in [-0.1, -0.05) is 48.6 Å². The number of nitrogens with zero attached hydrogens (tertiary/aromatic N) is 2. The molecule has 0 bridgehead atoms. The van der Waals surface area contributed by atoms with E-state index in [-0.39, 0.29) is 5.69 Å². The zero-order valence-electron chi connectivity index (χ0n) is 11.0. The van der Waals surface area contributed by atoms with E-state index in [1.54, 1.807) is 6.07 Å². The maximum absolute atomic E-state index is 10.6. The third kappa shape index (κ3) is 3.26. The fourth-order valence-corrected chi connectivity index (χ4v) is 4.49. The van der Waals surface area contributed by atoms with Gasteiger partial charge in [-0.2, -0.15) is 0 Å². The van der Waals surface area contributed by atoms with Crippen molar-refractivity contribution in [1.29, 1.82) is 0 Å². The van der Waals surface area contributed by atoms with E-state index >= 15 is 0 Å². The molecule has 1 aromatic heterocycles. The molecule has 0 radical (unpaired) electrons. The number of hydrogen-bond donors (Lipinski definition) is 0. The maximum atomic E-state index is 10.6. The minimum absolute atomic E-state index is 0.0444. The maximum Gasteiger partial charge on any atom is 0.287 e. The van der Waals surface area contributed by atoms with E-state index in [0.29, 0.717) is 0 Å². The smallest absolute Gasteiger partial charge is 0.258 e. The monoisotopic (exact) mass is 272 g/mol. The highest BCUT2D eigenvalue weighted by Gasteiger charge is 2.24. The molecule has 0 N–H and O–H groups in total. The van der Waals surface area contributed by atoms with Crippen molar-refractivity contribution >= 4 is 18.9 Å². The van der Waals surface area contributed by atoms with Crippen molar-refractivity contribution in [3.63, 3.8) is 0 Å². The van der Waals surface area contributed by atoms with E-state index < -0.39 is 13.0 Å². The zero-order chi connectivity index (χ0) is 13.9. The molecule has 0 aliphatic heterocycles. The lowest BCUT2D eigenvalue weighted by Crippen LogP contribution is -2.44. The van der Waals surface area contributed by atoms with Gasteiger partial charge in [0.1, 0.15) is 6.20 Å². The lowest BCUT2D eigenvalue weighted by Gasteiger charge is -2.22. The van der Waals surface area contributed by atoms with Crippen LogP contribution in [0.25, 0.3) is 0 Å². The Labute approximate surface area is 113 Å². The quantitative estimate of drug-likeness (QED) is 0.488. The molecular formula is C14H16N2O2Si. The molecular weight excluding hydrogens is 256 g/mol. The molecule has 0 atom stereocenters. The second kappa shape index (κ2) is 5.32. The lowest BCUT2D eigenvalue weighted by atomic mass is 10.3. The molecule has 1 aromatic carbocycles. The SMILES string of the molecule is C[Si](C)(Cc1ccc([N+](=O)[O-])cn1)c1ccccc1. The predicted molar refractivity (Wildman–Crippen MR) is 78.2 cm³/mol. The van der Waals surface area contributed by atoms with Crippen LogP contribution in [0.1, 0.15) is 5.69 Å². The van der Waals surface area contributed by atoms with Crippen LogP contribution >= 0.6 is 0 Å². The zero-order valence-corrected chi connectivity index (χ0v) is 12.0. The van der Waals surface area contributed by atoms with Crippen molar-refractivity contribution in [2.75, 3.05) is 0 Å². The average Bonchev–Trinajstić information content (AvgIpc) is 2.40. The van der Waals surface area contributed by atoms with Crippen molar-refractivity contribution < 1.29 is 4.92 Å². The summed E-state index contributed by atoms with van der Waals surface area (Å²) in [7, 11) is -1.60. The summed E-state index contributed by atoms with van der Waals surface area (Å²) < 4.78 is 0. The highest BCUT2D eigenvalue weighted by molar-refractivity contribution is 6.89. The van der Waals surface area contributed by atoms with Crippen LogP contribution in [0.15, 0.2) is 48.7 Å². The molecule has 0 aliphatic rings. The Hall–Kier alpha value is -2.01. The topological polar surface area (TPSA) is 56.0 Å². The van der Waals surface area contributed by atoms with Gasteiger partial charge >= 0.3 is 0 Å².